The molecule has 0 aliphatic carbocycles. The van der Waals surface area contributed by atoms with Crippen LogP contribution in [0, 0.1) is 0 Å². The van der Waals surface area contributed by atoms with E-state index in [1.807, 2.05) is 6.92 Å². The lowest BCUT2D eigenvalue weighted by molar-refractivity contribution is 0.0246. The molecular weight excluding hydrogens is 334 g/mol. The monoisotopic (exact) mass is 357 g/mol. The third-order valence-electron chi connectivity index (χ3n) is 4.22. The molecule has 7 heteroatoms. The highest BCUT2D eigenvalue weighted by Gasteiger charge is 2.15. The molecule has 2 N–H and O–H groups in total. The van der Waals surface area contributed by atoms with Crippen LogP contribution in [0.25, 0.3) is 11.3 Å². The lowest BCUT2D eigenvalue weighted by Gasteiger charge is -2.22. The van der Waals surface area contributed by atoms with Crippen LogP contribution in [0.4, 0.5) is 5.95 Å². The molecule has 1 saturated heterocycles. The smallest absolute Gasteiger partial charge is 0.339 e. The van der Waals surface area contributed by atoms with Gasteiger partial charge in [-0.1, -0.05) is 0 Å². The second kappa shape index (κ2) is 8.62. The molecule has 1 fully saturated rings. The van der Waals surface area contributed by atoms with Crippen molar-refractivity contribution >= 4 is 11.9 Å². The maximum atomic E-state index is 11.5. The van der Waals surface area contributed by atoms with Crippen molar-refractivity contribution in [1.29, 1.82) is 0 Å². The van der Waals surface area contributed by atoms with E-state index >= 15 is 0 Å². The molecule has 26 heavy (non-hydrogen) atoms. The van der Waals surface area contributed by atoms with Gasteiger partial charge >= 0.3 is 5.97 Å². The number of anilines is 1. The average molecular weight is 357 g/mol. The summed E-state index contributed by atoms with van der Waals surface area (Å²) in [5, 5.41) is 12.6. The summed E-state index contributed by atoms with van der Waals surface area (Å²) in [4.78, 5) is 20.2. The summed E-state index contributed by atoms with van der Waals surface area (Å²) in [5.74, 6) is -0.176. The van der Waals surface area contributed by atoms with E-state index in [4.69, 9.17) is 9.47 Å². The molecule has 0 radical (unpaired) electrons. The number of ether oxygens (including phenoxy) is 2. The molecule has 1 aliphatic heterocycles. The first kappa shape index (κ1) is 18.1. The predicted octanol–water partition coefficient (Wildman–Crippen LogP) is 3.22. The maximum absolute atomic E-state index is 11.5. The summed E-state index contributed by atoms with van der Waals surface area (Å²) in [6, 6.07) is 6.79. The van der Waals surface area contributed by atoms with E-state index in [0.29, 0.717) is 36.1 Å². The number of hydrogen-bond donors (Lipinski definition) is 2. The number of hydrogen-bond acceptors (Lipinski definition) is 6. The van der Waals surface area contributed by atoms with Gasteiger partial charge < -0.3 is 19.9 Å². The number of carboxylic acid groups (broad SMARTS) is 1. The van der Waals surface area contributed by atoms with E-state index in [1.165, 1.54) is 6.42 Å². The van der Waals surface area contributed by atoms with Gasteiger partial charge in [0.1, 0.15) is 11.3 Å². The van der Waals surface area contributed by atoms with Crippen molar-refractivity contribution in [1.82, 2.24) is 9.97 Å². The quantitative estimate of drug-likeness (QED) is 0.786. The zero-order valence-corrected chi connectivity index (χ0v) is 14.8. The minimum absolute atomic E-state index is 0.119. The SMILES string of the molecule is CCOc1ccc(-c2ccnc(NCC3CCCCO3)n2)cc1C(=O)O. The van der Waals surface area contributed by atoms with Crippen LogP contribution in [-0.4, -0.2) is 46.9 Å². The topological polar surface area (TPSA) is 93.6 Å². The Morgan fingerprint density at radius 2 is 2.27 bits per heavy atom. The standard InChI is InChI=1S/C19H23N3O4/c1-2-25-17-7-6-13(11-15(17)18(23)24)16-8-9-20-19(22-16)21-12-14-5-3-4-10-26-14/h6-9,11,14H,2-5,10,12H2,1H3,(H,23,24)(H,20,21,22). The van der Waals surface area contributed by atoms with Gasteiger partial charge in [0.15, 0.2) is 0 Å². The van der Waals surface area contributed by atoms with Gasteiger partial charge in [0.05, 0.1) is 18.4 Å². The zero-order chi connectivity index (χ0) is 18.4. The van der Waals surface area contributed by atoms with Gasteiger partial charge in [-0.2, -0.15) is 0 Å². The number of aromatic carboxylic acids is 1. The van der Waals surface area contributed by atoms with Gasteiger partial charge in [-0.15, -0.1) is 0 Å². The lowest BCUT2D eigenvalue weighted by atomic mass is 10.1. The van der Waals surface area contributed by atoms with Crippen LogP contribution in [0.3, 0.4) is 0 Å². The van der Waals surface area contributed by atoms with Crippen LogP contribution in [0.5, 0.6) is 5.75 Å². The Bertz CT molecular complexity index is 760. The molecule has 1 aromatic carbocycles. The molecule has 1 atom stereocenters. The van der Waals surface area contributed by atoms with Crippen LogP contribution in [0.2, 0.25) is 0 Å². The minimum atomic E-state index is -1.03. The maximum Gasteiger partial charge on any atom is 0.339 e. The van der Waals surface area contributed by atoms with Crippen molar-refractivity contribution in [3.63, 3.8) is 0 Å². The van der Waals surface area contributed by atoms with Crippen molar-refractivity contribution in [3.8, 4) is 17.0 Å². The predicted molar refractivity (Wildman–Crippen MR) is 97.7 cm³/mol. The molecule has 0 amide bonds. The van der Waals surface area contributed by atoms with E-state index in [9.17, 15) is 9.90 Å². The highest BCUT2D eigenvalue weighted by atomic mass is 16.5. The van der Waals surface area contributed by atoms with Crippen molar-refractivity contribution in [2.75, 3.05) is 25.1 Å². The Kier molecular flexibility index (Phi) is 6.01. The summed E-state index contributed by atoms with van der Waals surface area (Å²) >= 11 is 0. The number of rotatable bonds is 7. The fraction of sp³-hybridized carbons (Fsp3) is 0.421. The highest BCUT2D eigenvalue weighted by molar-refractivity contribution is 5.92. The molecular formula is C19H23N3O4. The van der Waals surface area contributed by atoms with E-state index in [1.54, 1.807) is 30.5 Å². The van der Waals surface area contributed by atoms with E-state index in [-0.39, 0.29) is 11.7 Å². The lowest BCUT2D eigenvalue weighted by Crippen LogP contribution is -2.27. The normalized spacial score (nSPS) is 16.9. The second-order valence-electron chi connectivity index (χ2n) is 6.08. The number of carbonyl (C=O) groups is 1. The Labute approximate surface area is 152 Å². The third-order valence-corrected chi connectivity index (χ3v) is 4.22. The average Bonchev–Trinajstić information content (AvgIpc) is 2.68. The fourth-order valence-corrected chi connectivity index (χ4v) is 2.92. The molecule has 1 aliphatic rings. The Hall–Kier alpha value is -2.67. The van der Waals surface area contributed by atoms with Gasteiger partial charge in [0.2, 0.25) is 5.95 Å². The van der Waals surface area contributed by atoms with Gasteiger partial charge in [-0.3, -0.25) is 0 Å². The largest absolute Gasteiger partial charge is 0.493 e. The molecule has 1 aromatic heterocycles. The van der Waals surface area contributed by atoms with Gasteiger partial charge in [0, 0.05) is 24.9 Å². The Balaban J connectivity index is 1.76. The number of nitrogens with one attached hydrogen (secondary N) is 1. The zero-order valence-electron chi connectivity index (χ0n) is 14.8. The first-order valence-electron chi connectivity index (χ1n) is 8.86. The summed E-state index contributed by atoms with van der Waals surface area (Å²) in [6.45, 7) is 3.69. The first-order chi connectivity index (χ1) is 12.7. The Morgan fingerprint density at radius 1 is 1.38 bits per heavy atom. The molecule has 138 valence electrons. The molecule has 2 heterocycles. The van der Waals surface area contributed by atoms with Crippen LogP contribution in [-0.2, 0) is 4.74 Å². The number of nitrogens with zero attached hydrogens (tertiary/aromatic N) is 2. The van der Waals surface area contributed by atoms with Crippen LogP contribution < -0.4 is 10.1 Å². The van der Waals surface area contributed by atoms with Gasteiger partial charge in [0.25, 0.3) is 0 Å². The second-order valence-corrected chi connectivity index (χ2v) is 6.08. The molecule has 1 unspecified atom stereocenters. The molecule has 0 saturated carbocycles. The number of carboxylic acids is 1. The third kappa shape index (κ3) is 4.49. The van der Waals surface area contributed by atoms with E-state index in [0.717, 1.165) is 19.4 Å². The summed E-state index contributed by atoms with van der Waals surface area (Å²) in [7, 11) is 0. The Morgan fingerprint density at radius 3 is 3.00 bits per heavy atom. The number of aromatic nitrogens is 2. The van der Waals surface area contributed by atoms with Gasteiger partial charge in [-0.05, 0) is 50.5 Å². The highest BCUT2D eigenvalue weighted by Crippen LogP contribution is 2.26. The molecule has 7 nitrogen and oxygen atoms in total. The van der Waals surface area contributed by atoms with Crippen LogP contribution >= 0.6 is 0 Å². The van der Waals surface area contributed by atoms with Crippen LogP contribution in [0.15, 0.2) is 30.5 Å². The van der Waals surface area contributed by atoms with E-state index in [2.05, 4.69) is 15.3 Å². The molecule has 3 rings (SSSR count). The van der Waals surface area contributed by atoms with Crippen molar-refractivity contribution in [2.24, 2.45) is 0 Å². The number of benzene rings is 1. The van der Waals surface area contributed by atoms with Crippen LogP contribution in [0.1, 0.15) is 36.5 Å². The van der Waals surface area contributed by atoms with Gasteiger partial charge in [-0.25, -0.2) is 14.8 Å². The minimum Gasteiger partial charge on any atom is -0.493 e. The summed E-state index contributed by atoms with van der Waals surface area (Å²) < 4.78 is 11.1. The molecule has 0 spiro atoms. The van der Waals surface area contributed by atoms with Crippen molar-refractivity contribution in [3.05, 3.63) is 36.0 Å². The van der Waals surface area contributed by atoms with E-state index < -0.39 is 5.97 Å². The fourth-order valence-electron chi connectivity index (χ4n) is 2.92. The molecule has 2 aromatic rings. The van der Waals surface area contributed by atoms with Crippen molar-refractivity contribution in [2.45, 2.75) is 32.3 Å². The summed E-state index contributed by atoms with van der Waals surface area (Å²) in [6.07, 6.45) is 5.17. The summed E-state index contributed by atoms with van der Waals surface area (Å²) in [5.41, 5.74) is 1.47. The van der Waals surface area contributed by atoms with Crippen molar-refractivity contribution < 1.29 is 19.4 Å². The molecule has 0 bridgehead atoms. The first-order valence-corrected chi connectivity index (χ1v) is 8.86.